The second kappa shape index (κ2) is 8.13. The molecule has 1 rings (SSSR count). The van der Waals surface area contributed by atoms with Gasteiger partial charge < -0.3 is 15.6 Å². The SMILES string of the molecule is Cl.NCCCC(CC(=O)[O-])c1ccccc1. The second-order valence-electron chi connectivity index (χ2n) is 3.61. The van der Waals surface area contributed by atoms with Crippen LogP contribution in [0.3, 0.4) is 0 Å². The van der Waals surface area contributed by atoms with Crippen molar-refractivity contribution in [2.75, 3.05) is 6.54 Å². The van der Waals surface area contributed by atoms with Gasteiger partial charge in [0.05, 0.1) is 0 Å². The van der Waals surface area contributed by atoms with Crippen LogP contribution in [0.5, 0.6) is 0 Å². The summed E-state index contributed by atoms with van der Waals surface area (Å²) < 4.78 is 0. The number of hydrogen-bond acceptors (Lipinski definition) is 3. The molecular formula is C12H17ClNO2-. The van der Waals surface area contributed by atoms with E-state index in [4.69, 9.17) is 5.73 Å². The molecule has 16 heavy (non-hydrogen) atoms. The number of benzene rings is 1. The highest BCUT2D eigenvalue weighted by Gasteiger charge is 2.10. The maximum Gasteiger partial charge on any atom is 0.0420 e. The maximum absolute atomic E-state index is 10.6. The summed E-state index contributed by atoms with van der Waals surface area (Å²) in [5.41, 5.74) is 6.47. The first-order chi connectivity index (χ1) is 7.24. The van der Waals surface area contributed by atoms with Gasteiger partial charge in [0.25, 0.3) is 0 Å². The van der Waals surface area contributed by atoms with Crippen molar-refractivity contribution in [3.63, 3.8) is 0 Å². The van der Waals surface area contributed by atoms with Crippen LogP contribution in [0.4, 0.5) is 0 Å². The van der Waals surface area contributed by atoms with Crippen LogP contribution in [-0.4, -0.2) is 12.5 Å². The van der Waals surface area contributed by atoms with Gasteiger partial charge in [0.15, 0.2) is 0 Å². The molecule has 4 heteroatoms. The molecule has 90 valence electrons. The Morgan fingerprint density at radius 3 is 2.44 bits per heavy atom. The summed E-state index contributed by atoms with van der Waals surface area (Å²) >= 11 is 0. The molecule has 0 aliphatic heterocycles. The van der Waals surface area contributed by atoms with Gasteiger partial charge in [-0.1, -0.05) is 30.3 Å². The lowest BCUT2D eigenvalue weighted by Gasteiger charge is -2.17. The Hall–Kier alpha value is -1.06. The van der Waals surface area contributed by atoms with Gasteiger partial charge >= 0.3 is 0 Å². The maximum atomic E-state index is 10.6. The van der Waals surface area contributed by atoms with E-state index < -0.39 is 5.97 Å². The molecule has 1 atom stereocenters. The molecule has 2 N–H and O–H groups in total. The fraction of sp³-hybridized carbons (Fsp3) is 0.417. The third-order valence-electron chi connectivity index (χ3n) is 2.44. The average Bonchev–Trinajstić information content (AvgIpc) is 2.25. The van der Waals surface area contributed by atoms with Crippen LogP contribution < -0.4 is 10.8 Å². The minimum atomic E-state index is -0.999. The van der Waals surface area contributed by atoms with Crippen LogP contribution >= 0.6 is 12.4 Å². The molecule has 1 aromatic rings. The Labute approximate surface area is 102 Å². The van der Waals surface area contributed by atoms with E-state index in [0.29, 0.717) is 6.54 Å². The van der Waals surface area contributed by atoms with E-state index in [-0.39, 0.29) is 24.7 Å². The van der Waals surface area contributed by atoms with Crippen molar-refractivity contribution in [1.82, 2.24) is 0 Å². The molecule has 0 aliphatic carbocycles. The van der Waals surface area contributed by atoms with E-state index in [0.717, 1.165) is 18.4 Å². The molecule has 0 fully saturated rings. The van der Waals surface area contributed by atoms with Gasteiger partial charge in [-0.25, -0.2) is 0 Å². The molecule has 0 spiro atoms. The zero-order chi connectivity index (χ0) is 11.1. The zero-order valence-electron chi connectivity index (χ0n) is 9.09. The number of carbonyl (C=O) groups is 1. The van der Waals surface area contributed by atoms with E-state index in [9.17, 15) is 9.90 Å². The fourth-order valence-electron chi connectivity index (χ4n) is 1.68. The third-order valence-corrected chi connectivity index (χ3v) is 2.44. The Morgan fingerprint density at radius 2 is 1.94 bits per heavy atom. The molecule has 0 saturated heterocycles. The van der Waals surface area contributed by atoms with Crippen molar-refractivity contribution in [2.24, 2.45) is 5.73 Å². The summed E-state index contributed by atoms with van der Waals surface area (Å²) in [7, 11) is 0. The molecular weight excluding hydrogens is 226 g/mol. The quantitative estimate of drug-likeness (QED) is 0.812. The summed E-state index contributed by atoms with van der Waals surface area (Å²) in [5.74, 6) is -0.972. The molecule has 1 unspecified atom stereocenters. The predicted octanol–water partition coefficient (Wildman–Crippen LogP) is 1.07. The van der Waals surface area contributed by atoms with Gasteiger partial charge in [0.1, 0.15) is 0 Å². The van der Waals surface area contributed by atoms with Crippen molar-refractivity contribution in [1.29, 1.82) is 0 Å². The number of carbonyl (C=O) groups excluding carboxylic acids is 1. The second-order valence-corrected chi connectivity index (χ2v) is 3.61. The Bertz CT molecular complexity index is 303. The molecule has 1 aromatic carbocycles. The Balaban J connectivity index is 0.00000225. The predicted molar refractivity (Wildman–Crippen MR) is 64.3 cm³/mol. The largest absolute Gasteiger partial charge is 0.550 e. The number of halogens is 1. The first-order valence-electron chi connectivity index (χ1n) is 5.19. The highest BCUT2D eigenvalue weighted by atomic mass is 35.5. The lowest BCUT2D eigenvalue weighted by molar-refractivity contribution is -0.306. The van der Waals surface area contributed by atoms with Crippen molar-refractivity contribution >= 4 is 18.4 Å². The van der Waals surface area contributed by atoms with Crippen molar-refractivity contribution in [2.45, 2.75) is 25.2 Å². The summed E-state index contributed by atoms with van der Waals surface area (Å²) in [6.07, 6.45) is 1.71. The molecule has 0 aromatic heterocycles. The van der Waals surface area contributed by atoms with Crippen LogP contribution in [0, 0.1) is 0 Å². The minimum absolute atomic E-state index is 0. The smallest absolute Gasteiger partial charge is 0.0420 e. The van der Waals surface area contributed by atoms with E-state index in [1.807, 2.05) is 30.3 Å². The van der Waals surface area contributed by atoms with Crippen LogP contribution in [0.15, 0.2) is 30.3 Å². The summed E-state index contributed by atoms with van der Waals surface area (Å²) in [6, 6.07) is 9.65. The number of hydrogen-bond donors (Lipinski definition) is 1. The molecule has 0 saturated carbocycles. The first-order valence-corrected chi connectivity index (χ1v) is 5.19. The Kier molecular flexibility index (Phi) is 7.60. The topological polar surface area (TPSA) is 66.2 Å². The third kappa shape index (κ3) is 5.14. The lowest BCUT2D eigenvalue weighted by atomic mass is 9.91. The fourth-order valence-corrected chi connectivity index (χ4v) is 1.68. The first kappa shape index (κ1) is 14.9. The van der Waals surface area contributed by atoms with E-state index in [1.54, 1.807) is 0 Å². The molecule has 3 nitrogen and oxygen atoms in total. The Morgan fingerprint density at radius 1 is 1.31 bits per heavy atom. The van der Waals surface area contributed by atoms with Gasteiger partial charge in [-0.05, 0) is 37.3 Å². The molecule has 0 amide bonds. The monoisotopic (exact) mass is 242 g/mol. The lowest BCUT2D eigenvalue weighted by Crippen LogP contribution is -2.24. The number of carboxylic acids is 1. The normalized spacial score (nSPS) is 11.6. The average molecular weight is 243 g/mol. The highest BCUT2D eigenvalue weighted by Crippen LogP contribution is 2.23. The number of rotatable bonds is 6. The molecule has 0 radical (unpaired) electrons. The van der Waals surface area contributed by atoms with Gasteiger partial charge in [0.2, 0.25) is 0 Å². The van der Waals surface area contributed by atoms with Gasteiger partial charge in [-0.15, -0.1) is 12.4 Å². The number of nitrogens with two attached hydrogens (primary N) is 1. The van der Waals surface area contributed by atoms with E-state index in [2.05, 4.69) is 0 Å². The van der Waals surface area contributed by atoms with Crippen molar-refractivity contribution in [3.8, 4) is 0 Å². The highest BCUT2D eigenvalue weighted by molar-refractivity contribution is 5.85. The van der Waals surface area contributed by atoms with Gasteiger partial charge in [-0.2, -0.15) is 0 Å². The van der Waals surface area contributed by atoms with Crippen LogP contribution in [0.2, 0.25) is 0 Å². The summed E-state index contributed by atoms with van der Waals surface area (Å²) in [6.45, 7) is 0.594. The van der Waals surface area contributed by atoms with Gasteiger partial charge in [-0.3, -0.25) is 0 Å². The molecule has 0 aliphatic rings. The van der Waals surface area contributed by atoms with Crippen LogP contribution in [-0.2, 0) is 4.79 Å². The molecule has 0 bridgehead atoms. The summed E-state index contributed by atoms with van der Waals surface area (Å²) in [5, 5.41) is 10.6. The minimum Gasteiger partial charge on any atom is -0.550 e. The number of carboxylic acid groups (broad SMARTS) is 1. The number of aliphatic carboxylic acids is 1. The van der Waals surface area contributed by atoms with Crippen LogP contribution in [0.1, 0.15) is 30.7 Å². The summed E-state index contributed by atoms with van der Waals surface area (Å²) in [4.78, 5) is 10.6. The molecule has 0 heterocycles. The van der Waals surface area contributed by atoms with Crippen molar-refractivity contribution < 1.29 is 9.90 Å². The zero-order valence-corrected chi connectivity index (χ0v) is 9.91. The van der Waals surface area contributed by atoms with Crippen molar-refractivity contribution in [3.05, 3.63) is 35.9 Å². The van der Waals surface area contributed by atoms with Gasteiger partial charge in [0, 0.05) is 5.97 Å². The van der Waals surface area contributed by atoms with E-state index >= 15 is 0 Å². The van der Waals surface area contributed by atoms with E-state index in [1.165, 1.54) is 0 Å². The van der Waals surface area contributed by atoms with Crippen LogP contribution in [0.25, 0.3) is 0 Å². The standard InChI is InChI=1S/C12H17NO2.ClH/c13-8-4-7-11(9-12(14)15)10-5-2-1-3-6-10;/h1-3,5-6,11H,4,7-9,13H2,(H,14,15);1H/p-1.